The number of amides is 1. The van der Waals surface area contributed by atoms with Gasteiger partial charge in [-0.2, -0.15) is 4.98 Å². The summed E-state index contributed by atoms with van der Waals surface area (Å²) in [6.45, 7) is 11.3. The highest BCUT2D eigenvalue weighted by atomic mass is 35.5. The number of ether oxygens (including phenoxy) is 1. The highest BCUT2D eigenvalue weighted by Gasteiger charge is 2.43. The fourth-order valence-electron chi connectivity index (χ4n) is 3.54. The Morgan fingerprint density at radius 2 is 1.90 bits per heavy atom. The van der Waals surface area contributed by atoms with Crippen LogP contribution in [0.15, 0.2) is 24.5 Å². The Kier molecular flexibility index (Phi) is 6.33. The van der Waals surface area contributed by atoms with Crippen molar-refractivity contribution >= 4 is 41.6 Å². The summed E-state index contributed by atoms with van der Waals surface area (Å²) in [6.07, 6.45) is 3.45. The molecule has 0 saturated carbocycles. The van der Waals surface area contributed by atoms with Crippen molar-refractivity contribution in [2.75, 3.05) is 41.3 Å². The molecule has 1 saturated heterocycles. The van der Waals surface area contributed by atoms with E-state index in [2.05, 4.69) is 30.5 Å². The third kappa shape index (κ3) is 4.27. The van der Waals surface area contributed by atoms with Crippen LogP contribution in [0.2, 0.25) is 0 Å². The summed E-state index contributed by atoms with van der Waals surface area (Å²) in [4.78, 5) is 30.1. The van der Waals surface area contributed by atoms with Gasteiger partial charge in [0, 0.05) is 32.2 Å². The van der Waals surface area contributed by atoms with Gasteiger partial charge in [-0.1, -0.05) is 0 Å². The predicted molar refractivity (Wildman–Crippen MR) is 119 cm³/mol. The van der Waals surface area contributed by atoms with Gasteiger partial charge in [-0.25, -0.2) is 9.97 Å². The first-order chi connectivity index (χ1) is 13.8. The van der Waals surface area contributed by atoms with Gasteiger partial charge >= 0.3 is 0 Å². The molecule has 1 fully saturated rings. The smallest absolute Gasteiger partial charge is 0.272 e. The van der Waals surface area contributed by atoms with Crippen molar-refractivity contribution in [2.24, 2.45) is 0 Å². The molecule has 4 heterocycles. The molecule has 1 amide bonds. The van der Waals surface area contributed by atoms with Crippen molar-refractivity contribution < 1.29 is 9.53 Å². The second kappa shape index (κ2) is 8.61. The number of hydrogen-bond donors (Lipinski definition) is 2. The van der Waals surface area contributed by atoms with Gasteiger partial charge in [0.05, 0.1) is 18.1 Å². The number of hydrogen-bond acceptors (Lipinski definition) is 8. The molecular weight excluding hydrogens is 406 g/mol. The highest BCUT2D eigenvalue weighted by molar-refractivity contribution is 6.01. The van der Waals surface area contributed by atoms with E-state index in [-0.39, 0.29) is 24.4 Å². The summed E-state index contributed by atoms with van der Waals surface area (Å²) < 4.78 is 5.83. The third-order valence-electron chi connectivity index (χ3n) is 5.05. The number of fused-ring (bicyclic) bond motifs is 1. The maximum atomic E-state index is 12.8. The monoisotopic (exact) mass is 433 g/mol. The molecule has 0 radical (unpaired) electrons. The van der Waals surface area contributed by atoms with Crippen molar-refractivity contribution in [2.45, 2.75) is 39.3 Å². The predicted octanol–water partition coefficient (Wildman–Crippen LogP) is 2.36. The molecule has 30 heavy (non-hydrogen) atoms. The molecule has 0 spiro atoms. The number of halogens is 1. The molecule has 0 aliphatic carbocycles. The fourth-order valence-corrected chi connectivity index (χ4v) is 3.54. The van der Waals surface area contributed by atoms with Crippen molar-refractivity contribution in [3.05, 3.63) is 24.5 Å². The lowest BCUT2D eigenvalue weighted by Crippen LogP contribution is -2.55. The Morgan fingerprint density at radius 1 is 1.17 bits per heavy atom. The molecule has 2 N–H and O–H groups in total. The molecule has 0 unspecified atom stereocenters. The Balaban J connectivity index is 0.00000256. The average molecular weight is 434 g/mol. The first-order valence-electron chi connectivity index (χ1n) is 9.93. The van der Waals surface area contributed by atoms with Gasteiger partial charge < -0.3 is 20.3 Å². The van der Waals surface area contributed by atoms with Gasteiger partial charge in [0.25, 0.3) is 5.91 Å². The van der Waals surface area contributed by atoms with Crippen molar-refractivity contribution in [1.29, 1.82) is 0 Å². The second-order valence-electron chi connectivity index (χ2n) is 8.03. The van der Waals surface area contributed by atoms with E-state index >= 15 is 0 Å². The minimum atomic E-state index is -0.947. The van der Waals surface area contributed by atoms with E-state index in [4.69, 9.17) is 4.74 Å². The Bertz CT molecular complexity index is 899. The maximum Gasteiger partial charge on any atom is 0.272 e. The minimum Gasteiger partial charge on any atom is -0.472 e. The van der Waals surface area contributed by atoms with Crippen LogP contribution in [0.4, 0.5) is 23.3 Å². The van der Waals surface area contributed by atoms with Gasteiger partial charge in [0.2, 0.25) is 5.95 Å². The molecule has 10 heteroatoms. The molecule has 0 aromatic carbocycles. The molecule has 9 nitrogen and oxygen atoms in total. The molecule has 2 aliphatic rings. The number of aromatic nitrogens is 3. The van der Waals surface area contributed by atoms with Crippen LogP contribution in [0.3, 0.4) is 0 Å². The largest absolute Gasteiger partial charge is 0.472 e. The van der Waals surface area contributed by atoms with Crippen LogP contribution < -0.4 is 25.2 Å². The van der Waals surface area contributed by atoms with Crippen LogP contribution in [0.1, 0.15) is 27.7 Å². The highest BCUT2D eigenvalue weighted by Crippen LogP contribution is 2.37. The van der Waals surface area contributed by atoms with Gasteiger partial charge in [0.1, 0.15) is 5.82 Å². The Labute approximate surface area is 182 Å². The van der Waals surface area contributed by atoms with Crippen molar-refractivity contribution in [3.8, 4) is 5.75 Å². The molecule has 0 atom stereocenters. The summed E-state index contributed by atoms with van der Waals surface area (Å²) in [7, 11) is 0. The summed E-state index contributed by atoms with van der Waals surface area (Å²) in [5.74, 6) is 1.86. The SMILES string of the molecule is CC(C)N1C(=O)C(C)(C)Oc2cnc(Nc3ccc(N4CCNCC4)cn3)nc21.Cl. The van der Waals surface area contributed by atoms with Crippen molar-refractivity contribution in [1.82, 2.24) is 20.3 Å². The summed E-state index contributed by atoms with van der Waals surface area (Å²) in [5.41, 5.74) is 0.146. The number of pyridine rings is 1. The van der Waals surface area contributed by atoms with E-state index < -0.39 is 5.60 Å². The van der Waals surface area contributed by atoms with Gasteiger partial charge in [-0.3, -0.25) is 9.69 Å². The molecule has 2 aromatic rings. The number of nitrogens with one attached hydrogen (secondary N) is 2. The van der Waals surface area contributed by atoms with E-state index in [1.807, 2.05) is 32.2 Å². The number of carbonyl (C=O) groups is 1. The van der Waals surface area contributed by atoms with E-state index in [9.17, 15) is 4.79 Å². The molecule has 2 aromatic heterocycles. The fraction of sp³-hybridized carbons (Fsp3) is 0.500. The van der Waals surface area contributed by atoms with Crippen LogP contribution in [0.25, 0.3) is 0 Å². The van der Waals surface area contributed by atoms with Gasteiger partial charge in [-0.15, -0.1) is 12.4 Å². The third-order valence-corrected chi connectivity index (χ3v) is 5.05. The van der Waals surface area contributed by atoms with Crippen LogP contribution in [-0.2, 0) is 4.79 Å². The maximum absolute atomic E-state index is 12.8. The molecular formula is C20H28ClN7O2. The minimum absolute atomic E-state index is 0. The van der Waals surface area contributed by atoms with Crippen LogP contribution in [0.5, 0.6) is 5.75 Å². The number of carbonyl (C=O) groups excluding carboxylic acids is 1. The summed E-state index contributed by atoms with van der Waals surface area (Å²) >= 11 is 0. The topological polar surface area (TPSA) is 95.5 Å². The zero-order valence-electron chi connectivity index (χ0n) is 17.7. The molecule has 2 aliphatic heterocycles. The number of anilines is 4. The zero-order valence-corrected chi connectivity index (χ0v) is 18.5. The number of rotatable bonds is 4. The van der Waals surface area contributed by atoms with Crippen LogP contribution >= 0.6 is 12.4 Å². The van der Waals surface area contributed by atoms with Crippen molar-refractivity contribution in [3.63, 3.8) is 0 Å². The summed E-state index contributed by atoms with van der Waals surface area (Å²) in [6, 6.07) is 3.89. The zero-order chi connectivity index (χ0) is 20.6. The van der Waals surface area contributed by atoms with E-state index in [1.54, 1.807) is 24.9 Å². The van der Waals surface area contributed by atoms with E-state index in [0.29, 0.717) is 23.3 Å². The van der Waals surface area contributed by atoms with Crippen LogP contribution in [-0.4, -0.2) is 58.7 Å². The lowest BCUT2D eigenvalue weighted by Gasteiger charge is -2.39. The Hall–Kier alpha value is -2.65. The lowest BCUT2D eigenvalue weighted by atomic mass is 10.0. The number of nitrogens with zero attached hydrogens (tertiary/aromatic N) is 5. The van der Waals surface area contributed by atoms with E-state index in [1.165, 1.54) is 0 Å². The summed E-state index contributed by atoms with van der Waals surface area (Å²) in [5, 5.41) is 6.47. The van der Waals surface area contributed by atoms with Crippen LogP contribution in [0, 0.1) is 0 Å². The van der Waals surface area contributed by atoms with E-state index in [0.717, 1.165) is 31.9 Å². The first kappa shape index (κ1) is 22.0. The molecule has 0 bridgehead atoms. The molecule has 162 valence electrons. The second-order valence-corrected chi connectivity index (χ2v) is 8.03. The number of piperazine rings is 1. The van der Waals surface area contributed by atoms with Gasteiger partial charge in [0.15, 0.2) is 17.2 Å². The normalized spacial score (nSPS) is 17.8. The Morgan fingerprint density at radius 3 is 2.53 bits per heavy atom. The lowest BCUT2D eigenvalue weighted by molar-refractivity contribution is -0.133. The van der Waals surface area contributed by atoms with Gasteiger partial charge in [-0.05, 0) is 39.8 Å². The first-order valence-corrected chi connectivity index (χ1v) is 9.93. The quantitative estimate of drug-likeness (QED) is 0.758. The molecule has 4 rings (SSSR count). The average Bonchev–Trinajstić information content (AvgIpc) is 2.70. The standard InChI is InChI=1S/C20H27N7O2.ClH/c1-13(2)27-17-15(29-20(3,4)18(27)28)12-23-19(25-17)24-16-6-5-14(11-22-16)26-9-7-21-8-10-26;/h5-6,11-13,21H,7-10H2,1-4H3,(H,22,23,24,25);1H.